The second kappa shape index (κ2) is 7.62. The highest BCUT2D eigenvalue weighted by molar-refractivity contribution is 7.89. The zero-order chi connectivity index (χ0) is 19.7. The van der Waals surface area contributed by atoms with Gasteiger partial charge >= 0.3 is 0 Å². The van der Waals surface area contributed by atoms with Gasteiger partial charge in [0, 0.05) is 37.8 Å². The van der Waals surface area contributed by atoms with Crippen molar-refractivity contribution in [1.29, 1.82) is 0 Å². The van der Waals surface area contributed by atoms with Crippen LogP contribution in [0.2, 0.25) is 0 Å². The summed E-state index contributed by atoms with van der Waals surface area (Å²) < 4.78 is 28.3. The molecule has 2 aromatic carbocycles. The van der Waals surface area contributed by atoms with E-state index in [0.29, 0.717) is 32.1 Å². The van der Waals surface area contributed by atoms with E-state index in [1.807, 2.05) is 30.3 Å². The van der Waals surface area contributed by atoms with Gasteiger partial charge in [-0.25, -0.2) is 8.42 Å². The summed E-state index contributed by atoms with van der Waals surface area (Å²) in [6.45, 7) is 1.66. The van der Waals surface area contributed by atoms with E-state index < -0.39 is 14.9 Å². The topological polar surface area (TPSA) is 83.8 Å². The lowest BCUT2D eigenvalue weighted by atomic mass is 10.0. The summed E-state index contributed by atoms with van der Waals surface area (Å²) in [6.07, 6.45) is 2.91. The molecule has 1 atom stereocenters. The van der Waals surface area contributed by atoms with Gasteiger partial charge in [-0.15, -0.1) is 0 Å². The van der Waals surface area contributed by atoms with Gasteiger partial charge < -0.3 is 0 Å². The maximum atomic E-state index is 13.4. The van der Waals surface area contributed by atoms with Gasteiger partial charge in [0.05, 0.1) is 4.92 Å². The molecule has 4 rings (SSSR count). The molecule has 7 nitrogen and oxygen atoms in total. The molecule has 0 bridgehead atoms. The maximum Gasteiger partial charge on any atom is 0.289 e. The lowest BCUT2D eigenvalue weighted by Gasteiger charge is -2.40. The minimum absolute atomic E-state index is 0.224. The average molecular weight is 401 g/mol. The highest BCUT2D eigenvalue weighted by atomic mass is 32.2. The third kappa shape index (κ3) is 3.80. The number of nitrogens with zero attached hydrogens (tertiary/aromatic N) is 3. The lowest BCUT2D eigenvalue weighted by Crippen LogP contribution is -2.56. The fourth-order valence-corrected chi connectivity index (χ4v) is 5.72. The summed E-state index contributed by atoms with van der Waals surface area (Å²) in [5.74, 6) is 0. The molecule has 0 amide bonds. The second-order valence-electron chi connectivity index (χ2n) is 7.41. The van der Waals surface area contributed by atoms with Crippen LogP contribution in [0.3, 0.4) is 0 Å². The first-order chi connectivity index (χ1) is 13.5. The first-order valence-corrected chi connectivity index (χ1v) is 10.9. The number of piperazine rings is 1. The van der Waals surface area contributed by atoms with Crippen LogP contribution in [0.4, 0.5) is 5.69 Å². The Morgan fingerprint density at radius 3 is 2.36 bits per heavy atom. The van der Waals surface area contributed by atoms with Crippen molar-refractivity contribution in [3.8, 4) is 0 Å². The maximum absolute atomic E-state index is 13.4. The number of benzene rings is 2. The normalized spacial score (nSPS) is 21.5. The van der Waals surface area contributed by atoms with Crippen LogP contribution in [0.25, 0.3) is 0 Å². The first-order valence-electron chi connectivity index (χ1n) is 9.50. The number of nitro groups is 1. The van der Waals surface area contributed by atoms with Crippen molar-refractivity contribution in [3.05, 3.63) is 70.3 Å². The summed E-state index contributed by atoms with van der Waals surface area (Å²) in [5, 5.41) is 11.4. The van der Waals surface area contributed by atoms with Gasteiger partial charge in [-0.3, -0.25) is 15.0 Å². The summed E-state index contributed by atoms with van der Waals surface area (Å²) in [5.41, 5.74) is 0.693. The molecule has 2 aliphatic rings. The van der Waals surface area contributed by atoms with E-state index >= 15 is 0 Å². The molecule has 2 fully saturated rings. The fourth-order valence-electron chi connectivity index (χ4n) is 3.96. The van der Waals surface area contributed by atoms with Crippen LogP contribution < -0.4 is 0 Å². The number of hydrogen-bond donors (Lipinski definition) is 0. The average Bonchev–Trinajstić information content (AvgIpc) is 3.54. The molecular weight excluding hydrogens is 378 g/mol. The molecule has 1 heterocycles. The Kier molecular flexibility index (Phi) is 5.18. The quantitative estimate of drug-likeness (QED) is 0.549. The van der Waals surface area contributed by atoms with Gasteiger partial charge in [-0.2, -0.15) is 4.31 Å². The zero-order valence-electron chi connectivity index (χ0n) is 15.5. The molecule has 8 heteroatoms. The highest BCUT2D eigenvalue weighted by Crippen LogP contribution is 2.33. The number of sulfonamides is 1. The molecule has 148 valence electrons. The van der Waals surface area contributed by atoms with Crippen molar-refractivity contribution in [2.75, 3.05) is 19.6 Å². The molecule has 28 heavy (non-hydrogen) atoms. The number of hydrogen-bond acceptors (Lipinski definition) is 5. The van der Waals surface area contributed by atoms with E-state index in [9.17, 15) is 18.5 Å². The van der Waals surface area contributed by atoms with Gasteiger partial charge in [0.1, 0.15) is 0 Å². The van der Waals surface area contributed by atoms with Crippen molar-refractivity contribution in [2.45, 2.75) is 36.2 Å². The predicted molar refractivity (Wildman–Crippen MR) is 106 cm³/mol. The van der Waals surface area contributed by atoms with Crippen LogP contribution in [0.15, 0.2) is 59.5 Å². The van der Waals surface area contributed by atoms with E-state index in [1.54, 1.807) is 0 Å². The fraction of sp³-hybridized carbons (Fsp3) is 0.400. The van der Waals surface area contributed by atoms with E-state index in [1.165, 1.54) is 28.6 Å². The molecule has 1 saturated heterocycles. The summed E-state index contributed by atoms with van der Waals surface area (Å²) in [6, 6.07) is 15.7. The van der Waals surface area contributed by atoms with Crippen LogP contribution in [0.1, 0.15) is 18.4 Å². The molecule has 1 saturated carbocycles. The third-order valence-corrected chi connectivity index (χ3v) is 7.49. The molecule has 0 radical (unpaired) electrons. The van der Waals surface area contributed by atoms with Crippen LogP contribution >= 0.6 is 0 Å². The SMILES string of the molecule is O=[N+]([O-])c1ccccc1S(=O)(=O)N1CCN(C2CC2)CC1Cc1ccccc1. The first kappa shape index (κ1) is 19.0. The van der Waals surface area contributed by atoms with Crippen LogP contribution in [0, 0.1) is 10.1 Å². The van der Waals surface area contributed by atoms with Gasteiger partial charge in [0.25, 0.3) is 5.69 Å². The Balaban J connectivity index is 1.67. The zero-order valence-corrected chi connectivity index (χ0v) is 16.3. The smallest absolute Gasteiger partial charge is 0.289 e. The van der Waals surface area contributed by atoms with Crippen LogP contribution in [-0.2, 0) is 16.4 Å². The summed E-state index contributed by atoms with van der Waals surface area (Å²) in [4.78, 5) is 12.9. The molecule has 2 aromatic rings. The van der Waals surface area contributed by atoms with Gasteiger partial charge in [0.2, 0.25) is 10.0 Å². The highest BCUT2D eigenvalue weighted by Gasteiger charge is 2.42. The minimum atomic E-state index is -3.97. The van der Waals surface area contributed by atoms with Gasteiger partial charge in [0.15, 0.2) is 4.90 Å². The number of para-hydroxylation sites is 1. The molecule has 1 aliphatic heterocycles. The lowest BCUT2D eigenvalue weighted by molar-refractivity contribution is -0.387. The van der Waals surface area contributed by atoms with E-state index in [2.05, 4.69) is 4.90 Å². The van der Waals surface area contributed by atoms with E-state index in [-0.39, 0.29) is 16.6 Å². The Labute approximate surface area is 164 Å². The van der Waals surface area contributed by atoms with Crippen molar-refractivity contribution in [2.24, 2.45) is 0 Å². The van der Waals surface area contributed by atoms with Crippen LogP contribution in [0.5, 0.6) is 0 Å². The standard InChI is InChI=1S/C20H23N3O4S/c24-23(25)19-8-4-5-9-20(19)28(26,27)22-13-12-21(17-10-11-17)15-18(22)14-16-6-2-1-3-7-16/h1-9,17-18H,10-15H2. The molecular formula is C20H23N3O4S. The van der Waals surface area contributed by atoms with Crippen molar-refractivity contribution < 1.29 is 13.3 Å². The predicted octanol–water partition coefficient (Wildman–Crippen LogP) is 2.67. The Morgan fingerprint density at radius 1 is 1.00 bits per heavy atom. The van der Waals surface area contributed by atoms with Crippen molar-refractivity contribution in [3.63, 3.8) is 0 Å². The summed E-state index contributed by atoms with van der Waals surface area (Å²) >= 11 is 0. The monoisotopic (exact) mass is 401 g/mol. The van der Waals surface area contributed by atoms with Crippen molar-refractivity contribution in [1.82, 2.24) is 9.21 Å². The van der Waals surface area contributed by atoms with E-state index in [4.69, 9.17) is 0 Å². The Bertz CT molecular complexity index is 960. The van der Waals surface area contributed by atoms with Gasteiger partial charge in [-0.05, 0) is 30.9 Å². The molecule has 0 spiro atoms. The third-order valence-electron chi connectivity index (χ3n) is 5.49. The Hall–Kier alpha value is -2.29. The molecule has 0 aromatic heterocycles. The minimum Gasteiger partial charge on any atom is -0.297 e. The second-order valence-corrected chi connectivity index (χ2v) is 9.27. The molecule has 1 aliphatic carbocycles. The Morgan fingerprint density at radius 2 is 1.68 bits per heavy atom. The number of nitro benzene ring substituents is 1. The van der Waals surface area contributed by atoms with Crippen molar-refractivity contribution >= 4 is 15.7 Å². The largest absolute Gasteiger partial charge is 0.297 e. The van der Waals surface area contributed by atoms with Crippen LogP contribution in [-0.4, -0.2) is 54.3 Å². The summed E-state index contributed by atoms with van der Waals surface area (Å²) in [7, 11) is -3.97. The molecule has 0 N–H and O–H groups in total. The number of rotatable bonds is 6. The molecule has 1 unspecified atom stereocenters. The van der Waals surface area contributed by atoms with E-state index in [0.717, 1.165) is 18.4 Å². The van der Waals surface area contributed by atoms with Gasteiger partial charge in [-0.1, -0.05) is 42.5 Å².